The van der Waals surface area contributed by atoms with E-state index in [2.05, 4.69) is 20.8 Å². The van der Waals surface area contributed by atoms with Gasteiger partial charge in [-0.1, -0.05) is 41.0 Å². The van der Waals surface area contributed by atoms with Crippen molar-refractivity contribution in [2.24, 2.45) is 39.9 Å². The fourth-order valence-electron chi connectivity index (χ4n) is 8.84. The number of fused-ring (bicyclic) bond motifs is 3. The molecule has 4 aliphatic carbocycles. The van der Waals surface area contributed by atoms with Crippen molar-refractivity contribution in [3.63, 3.8) is 0 Å². The van der Waals surface area contributed by atoms with E-state index in [1.807, 2.05) is 13.8 Å². The molecule has 1 N–H and O–H groups in total. The van der Waals surface area contributed by atoms with Gasteiger partial charge in [-0.25, -0.2) is 0 Å². The molecular weight excluding hydrogens is 404 g/mol. The molecule has 8 unspecified atom stereocenters. The van der Waals surface area contributed by atoms with Gasteiger partial charge in [0.05, 0.1) is 5.92 Å². The molecule has 0 radical (unpaired) electrons. The molecule has 1 spiro atoms. The molecule has 4 fully saturated rings. The van der Waals surface area contributed by atoms with Gasteiger partial charge in [-0.3, -0.25) is 9.59 Å². The minimum absolute atomic E-state index is 0.0632. The van der Waals surface area contributed by atoms with Crippen molar-refractivity contribution in [2.45, 2.75) is 111 Å². The lowest BCUT2D eigenvalue weighted by molar-refractivity contribution is -0.213. The highest BCUT2D eigenvalue weighted by Gasteiger charge is 2.71. The molecule has 0 aromatic rings. The van der Waals surface area contributed by atoms with E-state index in [0.717, 1.165) is 32.1 Å². The van der Waals surface area contributed by atoms with Crippen LogP contribution in [-0.2, 0) is 19.1 Å². The number of esters is 2. The van der Waals surface area contributed by atoms with Crippen LogP contribution in [0.2, 0.25) is 0 Å². The number of aliphatic hydroxyl groups is 1. The average Bonchev–Trinajstić information content (AvgIpc) is 2.93. The third kappa shape index (κ3) is 3.61. The zero-order valence-corrected chi connectivity index (χ0v) is 21.0. The summed E-state index contributed by atoms with van der Waals surface area (Å²) in [5.41, 5.74) is -0.818. The van der Waals surface area contributed by atoms with E-state index in [1.165, 1.54) is 26.2 Å². The van der Waals surface area contributed by atoms with Crippen LogP contribution in [0.25, 0.3) is 0 Å². The number of carbonyl (C=O) groups is 2. The van der Waals surface area contributed by atoms with Crippen molar-refractivity contribution < 1.29 is 24.2 Å². The predicted molar refractivity (Wildman–Crippen MR) is 123 cm³/mol. The Bertz CT molecular complexity index is 761. The molecule has 4 saturated carbocycles. The molecule has 0 heterocycles. The summed E-state index contributed by atoms with van der Waals surface area (Å²) in [5.74, 6) is 0.431. The van der Waals surface area contributed by atoms with Gasteiger partial charge in [0.2, 0.25) is 0 Å². The largest absolute Gasteiger partial charge is 0.462 e. The molecule has 5 heteroatoms. The molecule has 0 aromatic carbocycles. The minimum atomic E-state index is -1.02. The van der Waals surface area contributed by atoms with E-state index >= 15 is 0 Å². The van der Waals surface area contributed by atoms with Crippen LogP contribution in [0.15, 0.2) is 0 Å². The van der Waals surface area contributed by atoms with Gasteiger partial charge in [0.15, 0.2) is 0 Å². The molecule has 0 saturated heterocycles. The Kier molecular flexibility index (Phi) is 6.00. The summed E-state index contributed by atoms with van der Waals surface area (Å²) < 4.78 is 11.7. The van der Waals surface area contributed by atoms with Crippen molar-refractivity contribution >= 4 is 11.9 Å². The predicted octanol–water partition coefficient (Wildman–Crippen LogP) is 5.28. The zero-order valence-electron chi connectivity index (χ0n) is 21.0. The molecule has 182 valence electrons. The van der Waals surface area contributed by atoms with E-state index < -0.39 is 5.60 Å². The maximum absolute atomic E-state index is 12.4. The topological polar surface area (TPSA) is 72.8 Å². The SMILES string of the molecule is CCC(C)C(=O)OCC1(O)CC23CC1CCC2C1(C)CCCC(C)(C)C1CC3OC(C)=O. The molecule has 0 aliphatic heterocycles. The molecule has 4 rings (SSSR count). The lowest BCUT2D eigenvalue weighted by Crippen LogP contribution is -2.61. The van der Waals surface area contributed by atoms with Crippen molar-refractivity contribution in [1.82, 2.24) is 0 Å². The van der Waals surface area contributed by atoms with Gasteiger partial charge in [-0.15, -0.1) is 0 Å². The maximum Gasteiger partial charge on any atom is 0.308 e. The summed E-state index contributed by atoms with van der Waals surface area (Å²) in [6.45, 7) is 12.7. The summed E-state index contributed by atoms with van der Waals surface area (Å²) in [4.78, 5) is 24.6. The fraction of sp³-hybridized carbons (Fsp3) is 0.926. The lowest BCUT2D eigenvalue weighted by atomic mass is 9.40. The van der Waals surface area contributed by atoms with E-state index in [1.54, 1.807) is 0 Å². The fourth-order valence-corrected chi connectivity index (χ4v) is 8.84. The van der Waals surface area contributed by atoms with Crippen LogP contribution >= 0.6 is 0 Å². The van der Waals surface area contributed by atoms with Crippen LogP contribution < -0.4 is 0 Å². The van der Waals surface area contributed by atoms with Crippen LogP contribution in [0.3, 0.4) is 0 Å². The van der Waals surface area contributed by atoms with Crippen molar-refractivity contribution in [3.05, 3.63) is 0 Å². The van der Waals surface area contributed by atoms with Gasteiger partial charge in [0.1, 0.15) is 18.3 Å². The molecule has 5 nitrogen and oxygen atoms in total. The first-order valence-corrected chi connectivity index (χ1v) is 12.9. The smallest absolute Gasteiger partial charge is 0.308 e. The Labute approximate surface area is 194 Å². The van der Waals surface area contributed by atoms with Gasteiger partial charge in [-0.2, -0.15) is 0 Å². The summed E-state index contributed by atoms with van der Waals surface area (Å²) >= 11 is 0. The third-order valence-electron chi connectivity index (χ3n) is 10.5. The Balaban J connectivity index is 1.66. The summed E-state index contributed by atoms with van der Waals surface area (Å²) in [6.07, 6.45) is 8.59. The van der Waals surface area contributed by atoms with E-state index in [-0.39, 0.29) is 52.7 Å². The highest BCUT2D eigenvalue weighted by Crippen LogP contribution is 2.73. The van der Waals surface area contributed by atoms with Crippen molar-refractivity contribution in [1.29, 1.82) is 0 Å². The summed E-state index contributed by atoms with van der Waals surface area (Å²) in [5, 5.41) is 11.8. The Morgan fingerprint density at radius 1 is 1.12 bits per heavy atom. The molecule has 2 bridgehead atoms. The number of rotatable bonds is 5. The normalized spacial score (nSPS) is 45.3. The van der Waals surface area contributed by atoms with Gasteiger partial charge < -0.3 is 14.6 Å². The molecule has 0 aromatic heterocycles. The molecular formula is C27H44O5. The zero-order chi connectivity index (χ0) is 23.5. The second kappa shape index (κ2) is 7.99. The number of hydrogen-bond donors (Lipinski definition) is 1. The van der Waals surface area contributed by atoms with E-state index in [0.29, 0.717) is 18.3 Å². The number of hydrogen-bond acceptors (Lipinski definition) is 5. The molecule has 32 heavy (non-hydrogen) atoms. The van der Waals surface area contributed by atoms with Crippen molar-refractivity contribution in [2.75, 3.05) is 6.61 Å². The molecule has 4 aliphatic rings. The van der Waals surface area contributed by atoms with Gasteiger partial charge in [0.25, 0.3) is 0 Å². The van der Waals surface area contributed by atoms with Crippen LogP contribution in [0.1, 0.15) is 99.3 Å². The number of ether oxygens (including phenoxy) is 2. The Morgan fingerprint density at radius 3 is 2.50 bits per heavy atom. The maximum atomic E-state index is 12.4. The molecule has 0 amide bonds. The number of carbonyl (C=O) groups excluding carboxylic acids is 2. The van der Waals surface area contributed by atoms with E-state index in [4.69, 9.17) is 9.47 Å². The summed E-state index contributed by atoms with van der Waals surface area (Å²) in [7, 11) is 0. The van der Waals surface area contributed by atoms with Crippen LogP contribution in [-0.4, -0.2) is 35.4 Å². The second-order valence-electron chi connectivity index (χ2n) is 12.7. The first-order chi connectivity index (χ1) is 14.9. The monoisotopic (exact) mass is 448 g/mol. The summed E-state index contributed by atoms with van der Waals surface area (Å²) in [6, 6.07) is 0. The lowest BCUT2D eigenvalue weighted by Gasteiger charge is -2.65. The average molecular weight is 449 g/mol. The molecule has 8 atom stereocenters. The quantitative estimate of drug-likeness (QED) is 0.579. The second-order valence-corrected chi connectivity index (χ2v) is 12.7. The van der Waals surface area contributed by atoms with Crippen LogP contribution in [0, 0.1) is 39.9 Å². The van der Waals surface area contributed by atoms with Gasteiger partial charge in [0, 0.05) is 12.3 Å². The first kappa shape index (κ1) is 24.0. The van der Waals surface area contributed by atoms with Crippen LogP contribution in [0.4, 0.5) is 0 Å². The van der Waals surface area contributed by atoms with Crippen LogP contribution in [0.5, 0.6) is 0 Å². The van der Waals surface area contributed by atoms with Crippen molar-refractivity contribution in [3.8, 4) is 0 Å². The standard InChI is InChI=1S/C27H44O5/c1-7-17(2)23(29)31-16-27(30)15-26-14-19(27)9-10-20(26)25(6)12-8-11-24(4,5)21(25)13-22(26)32-18(3)28/h17,19-22,30H,7-16H2,1-6H3. The Hall–Kier alpha value is -1.10. The minimum Gasteiger partial charge on any atom is -0.462 e. The van der Waals surface area contributed by atoms with E-state index in [9.17, 15) is 14.7 Å². The highest BCUT2D eigenvalue weighted by atomic mass is 16.5. The Morgan fingerprint density at radius 2 is 1.84 bits per heavy atom. The third-order valence-corrected chi connectivity index (χ3v) is 10.5. The first-order valence-electron chi connectivity index (χ1n) is 12.9. The highest BCUT2D eigenvalue weighted by molar-refractivity contribution is 5.72. The van der Waals surface area contributed by atoms with Gasteiger partial charge in [-0.05, 0) is 80.0 Å². The van der Waals surface area contributed by atoms with Gasteiger partial charge >= 0.3 is 11.9 Å².